The number of rotatable bonds is 5. The number of hydrogen-bond acceptors (Lipinski definition) is 8. The zero-order valence-electron chi connectivity index (χ0n) is 13.3. The van der Waals surface area contributed by atoms with Gasteiger partial charge in [0.2, 0.25) is 0 Å². The van der Waals surface area contributed by atoms with Crippen LogP contribution in [0.4, 0.5) is 11.6 Å². The largest absolute Gasteiger partial charge is 0.477 e. The Hall–Kier alpha value is -3.04. The lowest BCUT2D eigenvalue weighted by atomic mass is 10.1. The number of thiophene rings is 1. The molecule has 4 aromatic rings. The molecule has 0 unspecified atom stereocenters. The Morgan fingerprint density at radius 1 is 1.19 bits per heavy atom. The summed E-state index contributed by atoms with van der Waals surface area (Å²) < 4.78 is 0. The summed E-state index contributed by atoms with van der Waals surface area (Å²) in [5.74, 6) is -0.119. The minimum absolute atomic E-state index is 0.215. The van der Waals surface area contributed by atoms with Gasteiger partial charge in [0.1, 0.15) is 12.1 Å². The number of anilines is 2. The SMILES string of the molecule is Nc1ncnc2ccc(-c3ccc(CNc4ncsc4C(=O)O)s3)cc12. The molecule has 0 saturated heterocycles. The number of nitrogen functional groups attached to an aromatic ring is 1. The highest BCUT2D eigenvalue weighted by atomic mass is 32.1. The highest BCUT2D eigenvalue weighted by Gasteiger charge is 2.13. The molecule has 0 spiro atoms. The van der Waals surface area contributed by atoms with Crippen LogP contribution in [-0.2, 0) is 6.54 Å². The number of carboxylic acid groups (broad SMARTS) is 1. The van der Waals surface area contributed by atoms with Crippen molar-refractivity contribution in [1.82, 2.24) is 15.0 Å². The van der Waals surface area contributed by atoms with Gasteiger partial charge in [-0.15, -0.1) is 22.7 Å². The second-order valence-corrected chi connectivity index (χ2v) is 7.47. The Morgan fingerprint density at radius 2 is 2.08 bits per heavy atom. The molecule has 0 aliphatic rings. The third-order valence-electron chi connectivity index (χ3n) is 3.80. The normalized spacial score (nSPS) is 10.9. The molecular weight excluding hydrogens is 370 g/mol. The summed E-state index contributed by atoms with van der Waals surface area (Å²) in [6.07, 6.45) is 1.45. The molecule has 0 bridgehead atoms. The summed E-state index contributed by atoms with van der Waals surface area (Å²) in [5, 5.41) is 13.0. The van der Waals surface area contributed by atoms with Gasteiger partial charge in [0.25, 0.3) is 0 Å². The van der Waals surface area contributed by atoms with Crippen LogP contribution in [0, 0.1) is 0 Å². The Balaban J connectivity index is 1.55. The van der Waals surface area contributed by atoms with E-state index in [0.717, 1.165) is 37.6 Å². The number of benzene rings is 1. The van der Waals surface area contributed by atoms with Gasteiger partial charge in [0.15, 0.2) is 10.7 Å². The fourth-order valence-electron chi connectivity index (χ4n) is 2.55. The minimum atomic E-state index is -0.974. The molecule has 26 heavy (non-hydrogen) atoms. The van der Waals surface area contributed by atoms with Crippen LogP contribution in [0.2, 0.25) is 0 Å². The molecule has 0 fully saturated rings. The number of fused-ring (bicyclic) bond motifs is 1. The van der Waals surface area contributed by atoms with E-state index in [1.165, 1.54) is 11.8 Å². The first-order valence-corrected chi connectivity index (χ1v) is 9.31. The molecule has 4 rings (SSSR count). The maximum Gasteiger partial charge on any atom is 0.349 e. The Kier molecular flexibility index (Phi) is 4.23. The van der Waals surface area contributed by atoms with E-state index in [9.17, 15) is 4.79 Å². The van der Waals surface area contributed by atoms with Gasteiger partial charge >= 0.3 is 5.97 Å². The number of thiazole rings is 1. The molecule has 7 nitrogen and oxygen atoms in total. The molecule has 0 saturated carbocycles. The number of aromatic carboxylic acids is 1. The number of aromatic nitrogens is 3. The van der Waals surface area contributed by atoms with E-state index >= 15 is 0 Å². The van der Waals surface area contributed by atoms with Gasteiger partial charge in [-0.05, 0) is 29.8 Å². The maximum atomic E-state index is 11.1. The summed E-state index contributed by atoms with van der Waals surface area (Å²) in [6.45, 7) is 0.507. The third kappa shape index (κ3) is 3.09. The van der Waals surface area contributed by atoms with Crippen LogP contribution in [0.1, 0.15) is 14.5 Å². The van der Waals surface area contributed by atoms with E-state index in [0.29, 0.717) is 18.2 Å². The summed E-state index contributed by atoms with van der Waals surface area (Å²) in [4.78, 5) is 25.8. The van der Waals surface area contributed by atoms with E-state index in [-0.39, 0.29) is 4.88 Å². The topological polar surface area (TPSA) is 114 Å². The molecule has 3 heterocycles. The highest BCUT2D eigenvalue weighted by molar-refractivity contribution is 7.15. The van der Waals surface area contributed by atoms with Crippen molar-refractivity contribution in [3.63, 3.8) is 0 Å². The second-order valence-electron chi connectivity index (χ2n) is 5.45. The summed E-state index contributed by atoms with van der Waals surface area (Å²) in [6, 6.07) is 9.95. The van der Waals surface area contributed by atoms with Crippen LogP contribution in [0.5, 0.6) is 0 Å². The van der Waals surface area contributed by atoms with Gasteiger partial charge < -0.3 is 16.2 Å². The first kappa shape index (κ1) is 16.4. The van der Waals surface area contributed by atoms with Crippen molar-refractivity contribution >= 4 is 51.2 Å². The number of nitrogens with zero attached hydrogens (tertiary/aromatic N) is 3. The van der Waals surface area contributed by atoms with Crippen LogP contribution in [0.3, 0.4) is 0 Å². The summed E-state index contributed by atoms with van der Waals surface area (Å²) in [5.41, 5.74) is 9.31. The maximum absolute atomic E-state index is 11.1. The molecule has 0 radical (unpaired) electrons. The van der Waals surface area contributed by atoms with Crippen LogP contribution >= 0.6 is 22.7 Å². The Morgan fingerprint density at radius 3 is 2.92 bits per heavy atom. The van der Waals surface area contributed by atoms with Crippen molar-refractivity contribution in [2.45, 2.75) is 6.54 Å². The molecule has 0 amide bonds. The number of carboxylic acids is 1. The zero-order valence-corrected chi connectivity index (χ0v) is 15.0. The van der Waals surface area contributed by atoms with Crippen molar-refractivity contribution in [2.24, 2.45) is 0 Å². The standard InChI is InChI=1S/C17H13N5O2S2/c18-15-11-5-9(1-3-12(11)20-7-21-15)13-4-2-10(26-13)6-19-16-14(17(23)24)25-8-22-16/h1-5,7-8,19H,6H2,(H,23,24)(H2,18,20,21). The van der Waals surface area contributed by atoms with Crippen LogP contribution in [-0.4, -0.2) is 26.0 Å². The number of nitrogens with two attached hydrogens (primary N) is 1. The number of nitrogens with one attached hydrogen (secondary N) is 1. The average Bonchev–Trinajstić information content (AvgIpc) is 3.29. The van der Waals surface area contributed by atoms with Crippen LogP contribution in [0.25, 0.3) is 21.3 Å². The first-order chi connectivity index (χ1) is 12.6. The fourth-order valence-corrected chi connectivity index (χ4v) is 4.10. The molecular formula is C17H13N5O2S2. The second kappa shape index (κ2) is 6.70. The van der Waals surface area contributed by atoms with Crippen molar-refractivity contribution in [1.29, 1.82) is 0 Å². The number of carbonyl (C=O) groups is 1. The smallest absolute Gasteiger partial charge is 0.349 e. The lowest BCUT2D eigenvalue weighted by Crippen LogP contribution is -2.03. The molecule has 0 atom stereocenters. The predicted molar refractivity (Wildman–Crippen MR) is 104 cm³/mol. The molecule has 3 aromatic heterocycles. The molecule has 130 valence electrons. The van der Waals surface area contributed by atoms with Gasteiger partial charge in [0, 0.05) is 15.1 Å². The summed E-state index contributed by atoms with van der Waals surface area (Å²) in [7, 11) is 0. The van der Waals surface area contributed by atoms with Crippen molar-refractivity contribution in [2.75, 3.05) is 11.1 Å². The van der Waals surface area contributed by atoms with Crippen molar-refractivity contribution < 1.29 is 9.90 Å². The first-order valence-electron chi connectivity index (χ1n) is 7.62. The van der Waals surface area contributed by atoms with Crippen molar-refractivity contribution in [3.8, 4) is 10.4 Å². The lowest BCUT2D eigenvalue weighted by Gasteiger charge is -2.03. The van der Waals surface area contributed by atoms with E-state index in [2.05, 4.69) is 20.3 Å². The van der Waals surface area contributed by atoms with Gasteiger partial charge in [-0.25, -0.2) is 19.7 Å². The van der Waals surface area contributed by atoms with E-state index < -0.39 is 5.97 Å². The predicted octanol–water partition coefficient (Wildman–Crippen LogP) is 3.71. The monoisotopic (exact) mass is 383 g/mol. The third-order valence-corrected chi connectivity index (χ3v) is 5.75. The average molecular weight is 383 g/mol. The van der Waals surface area contributed by atoms with E-state index in [1.54, 1.807) is 11.3 Å². The number of hydrogen-bond donors (Lipinski definition) is 3. The van der Waals surface area contributed by atoms with Gasteiger partial charge in [-0.3, -0.25) is 0 Å². The van der Waals surface area contributed by atoms with Crippen LogP contribution < -0.4 is 11.1 Å². The van der Waals surface area contributed by atoms with E-state index in [1.807, 2.05) is 30.3 Å². The lowest BCUT2D eigenvalue weighted by molar-refractivity contribution is 0.0703. The summed E-state index contributed by atoms with van der Waals surface area (Å²) >= 11 is 2.72. The van der Waals surface area contributed by atoms with Crippen LogP contribution in [0.15, 0.2) is 42.2 Å². The molecule has 9 heteroatoms. The van der Waals surface area contributed by atoms with Gasteiger partial charge in [-0.2, -0.15) is 0 Å². The highest BCUT2D eigenvalue weighted by Crippen LogP contribution is 2.31. The molecule has 4 N–H and O–H groups in total. The van der Waals surface area contributed by atoms with E-state index in [4.69, 9.17) is 10.8 Å². The molecule has 1 aromatic carbocycles. The Labute approximate surface area is 156 Å². The molecule has 0 aliphatic carbocycles. The van der Waals surface area contributed by atoms with Crippen molar-refractivity contribution in [3.05, 3.63) is 51.9 Å². The Bertz CT molecular complexity index is 1110. The molecule has 0 aliphatic heterocycles. The fraction of sp³-hybridized carbons (Fsp3) is 0.0588. The van der Waals surface area contributed by atoms with Gasteiger partial charge in [-0.1, -0.05) is 6.07 Å². The van der Waals surface area contributed by atoms with Gasteiger partial charge in [0.05, 0.1) is 17.6 Å². The zero-order chi connectivity index (χ0) is 18.1. The minimum Gasteiger partial charge on any atom is -0.477 e. The quantitative estimate of drug-likeness (QED) is 0.481.